The molecule has 18 heavy (non-hydrogen) atoms. The molecule has 1 aliphatic heterocycles. The van der Waals surface area contributed by atoms with Crippen molar-refractivity contribution in [1.82, 2.24) is 9.80 Å². The second kappa shape index (κ2) is 5.21. The number of rotatable bonds is 1. The Balaban J connectivity index is 2.02. The van der Waals surface area contributed by atoms with E-state index in [9.17, 15) is 9.59 Å². The lowest BCUT2D eigenvalue weighted by Crippen LogP contribution is -2.50. The van der Waals surface area contributed by atoms with Gasteiger partial charge in [-0.25, -0.2) is 0 Å². The third kappa shape index (κ3) is 2.70. The van der Waals surface area contributed by atoms with Crippen LogP contribution in [0.15, 0.2) is 24.3 Å². The Labute approximate surface area is 107 Å². The molecule has 1 fully saturated rings. The van der Waals surface area contributed by atoms with Crippen molar-refractivity contribution in [2.24, 2.45) is 0 Å². The van der Waals surface area contributed by atoms with E-state index in [2.05, 4.69) is 0 Å². The van der Waals surface area contributed by atoms with E-state index in [0.717, 1.165) is 11.1 Å². The first-order chi connectivity index (χ1) is 8.58. The molecule has 96 valence electrons. The van der Waals surface area contributed by atoms with Crippen molar-refractivity contribution in [3.8, 4) is 0 Å². The fourth-order valence-electron chi connectivity index (χ4n) is 2.19. The van der Waals surface area contributed by atoms with Crippen LogP contribution in [0.3, 0.4) is 0 Å². The molecule has 0 saturated carbocycles. The van der Waals surface area contributed by atoms with Crippen LogP contribution in [0.2, 0.25) is 0 Å². The van der Waals surface area contributed by atoms with Gasteiger partial charge in [-0.3, -0.25) is 9.59 Å². The molecule has 1 aliphatic rings. The second-order valence-corrected chi connectivity index (χ2v) is 4.67. The molecule has 4 heteroatoms. The first kappa shape index (κ1) is 12.6. The molecule has 0 bridgehead atoms. The molecule has 1 saturated heterocycles. The van der Waals surface area contributed by atoms with Crippen LogP contribution in [-0.2, 0) is 4.79 Å². The van der Waals surface area contributed by atoms with Gasteiger partial charge in [0.1, 0.15) is 0 Å². The Morgan fingerprint density at radius 3 is 2.22 bits per heavy atom. The molecule has 4 nitrogen and oxygen atoms in total. The van der Waals surface area contributed by atoms with E-state index in [1.807, 2.05) is 36.1 Å². The van der Waals surface area contributed by atoms with E-state index in [4.69, 9.17) is 0 Å². The predicted octanol–water partition coefficient (Wildman–Crippen LogP) is 1.30. The zero-order valence-electron chi connectivity index (χ0n) is 10.8. The molecule has 0 spiro atoms. The molecule has 0 aliphatic carbocycles. The van der Waals surface area contributed by atoms with Crippen LogP contribution in [0.5, 0.6) is 0 Å². The summed E-state index contributed by atoms with van der Waals surface area (Å²) in [6.07, 6.45) is 0. The van der Waals surface area contributed by atoms with Crippen molar-refractivity contribution in [3.63, 3.8) is 0 Å². The van der Waals surface area contributed by atoms with Crippen molar-refractivity contribution in [2.75, 3.05) is 26.2 Å². The highest BCUT2D eigenvalue weighted by molar-refractivity contribution is 5.94. The van der Waals surface area contributed by atoms with Crippen molar-refractivity contribution < 1.29 is 9.59 Å². The van der Waals surface area contributed by atoms with E-state index < -0.39 is 0 Å². The molecular weight excluding hydrogens is 228 g/mol. The quantitative estimate of drug-likeness (QED) is 0.749. The highest BCUT2D eigenvalue weighted by Gasteiger charge is 2.22. The molecule has 1 aromatic rings. The lowest BCUT2D eigenvalue weighted by molar-refractivity contribution is -0.130. The zero-order chi connectivity index (χ0) is 13.1. The largest absolute Gasteiger partial charge is 0.339 e. The molecule has 2 amide bonds. The summed E-state index contributed by atoms with van der Waals surface area (Å²) in [6, 6.07) is 7.62. The fourth-order valence-corrected chi connectivity index (χ4v) is 2.19. The summed E-state index contributed by atoms with van der Waals surface area (Å²) in [5.74, 6) is 0.138. The number of amides is 2. The number of carbonyl (C=O) groups is 2. The van der Waals surface area contributed by atoms with Crippen molar-refractivity contribution in [2.45, 2.75) is 13.8 Å². The third-order valence-corrected chi connectivity index (χ3v) is 3.28. The number of benzene rings is 1. The number of nitrogens with zero attached hydrogens (tertiary/aromatic N) is 2. The van der Waals surface area contributed by atoms with E-state index >= 15 is 0 Å². The van der Waals surface area contributed by atoms with Gasteiger partial charge in [0, 0.05) is 38.7 Å². The fraction of sp³-hybridized carbons (Fsp3) is 0.429. The maximum Gasteiger partial charge on any atom is 0.253 e. The van der Waals surface area contributed by atoms with Gasteiger partial charge in [-0.05, 0) is 19.1 Å². The van der Waals surface area contributed by atoms with Gasteiger partial charge in [-0.1, -0.05) is 17.7 Å². The van der Waals surface area contributed by atoms with Crippen LogP contribution >= 0.6 is 0 Å². The lowest BCUT2D eigenvalue weighted by atomic mass is 10.1. The Hall–Kier alpha value is -1.84. The topological polar surface area (TPSA) is 40.6 Å². The second-order valence-electron chi connectivity index (χ2n) is 4.67. The molecule has 0 unspecified atom stereocenters. The number of hydrogen-bond donors (Lipinski definition) is 0. The number of hydrogen-bond acceptors (Lipinski definition) is 2. The Morgan fingerprint density at radius 1 is 1.06 bits per heavy atom. The zero-order valence-corrected chi connectivity index (χ0v) is 10.8. The minimum absolute atomic E-state index is 0.0573. The SMILES string of the molecule is CC(=O)N1CCN(C(=O)c2cccc(C)c2)CC1. The van der Waals surface area contributed by atoms with Gasteiger partial charge in [0.2, 0.25) is 5.91 Å². The molecule has 1 heterocycles. The van der Waals surface area contributed by atoms with Crippen LogP contribution in [0, 0.1) is 6.92 Å². The van der Waals surface area contributed by atoms with Gasteiger partial charge in [-0.2, -0.15) is 0 Å². The molecule has 0 atom stereocenters. The number of carbonyl (C=O) groups excluding carboxylic acids is 2. The average Bonchev–Trinajstić information content (AvgIpc) is 2.38. The number of aryl methyl sites for hydroxylation is 1. The van der Waals surface area contributed by atoms with Crippen LogP contribution < -0.4 is 0 Å². The standard InChI is InChI=1S/C14H18N2O2/c1-11-4-3-5-13(10-11)14(18)16-8-6-15(7-9-16)12(2)17/h3-5,10H,6-9H2,1-2H3. The van der Waals surface area contributed by atoms with Crippen LogP contribution in [0.25, 0.3) is 0 Å². The minimum Gasteiger partial charge on any atom is -0.339 e. The van der Waals surface area contributed by atoms with E-state index in [-0.39, 0.29) is 11.8 Å². The van der Waals surface area contributed by atoms with E-state index in [1.165, 1.54) is 0 Å². The molecule has 0 radical (unpaired) electrons. The smallest absolute Gasteiger partial charge is 0.253 e. The lowest BCUT2D eigenvalue weighted by Gasteiger charge is -2.34. The molecule has 1 aromatic carbocycles. The molecule has 2 rings (SSSR count). The van der Waals surface area contributed by atoms with Crippen LogP contribution in [-0.4, -0.2) is 47.8 Å². The summed E-state index contributed by atoms with van der Waals surface area (Å²) in [5.41, 5.74) is 1.81. The summed E-state index contributed by atoms with van der Waals surface area (Å²) in [6.45, 7) is 6.04. The van der Waals surface area contributed by atoms with Gasteiger partial charge in [-0.15, -0.1) is 0 Å². The average molecular weight is 246 g/mol. The summed E-state index contributed by atoms with van der Waals surface area (Å²) >= 11 is 0. The highest BCUT2D eigenvalue weighted by atomic mass is 16.2. The van der Waals surface area contributed by atoms with Crippen molar-refractivity contribution >= 4 is 11.8 Å². The van der Waals surface area contributed by atoms with Gasteiger partial charge < -0.3 is 9.80 Å². The van der Waals surface area contributed by atoms with Crippen molar-refractivity contribution in [1.29, 1.82) is 0 Å². The summed E-state index contributed by atoms with van der Waals surface area (Å²) in [7, 11) is 0. The Bertz CT molecular complexity index is 463. The van der Waals surface area contributed by atoms with Crippen LogP contribution in [0.1, 0.15) is 22.8 Å². The molecule has 0 aromatic heterocycles. The van der Waals surface area contributed by atoms with Gasteiger partial charge in [0.15, 0.2) is 0 Å². The third-order valence-electron chi connectivity index (χ3n) is 3.28. The Morgan fingerprint density at radius 2 is 1.67 bits per heavy atom. The van der Waals surface area contributed by atoms with Gasteiger partial charge in [0.25, 0.3) is 5.91 Å². The summed E-state index contributed by atoms with van der Waals surface area (Å²) < 4.78 is 0. The number of piperazine rings is 1. The van der Waals surface area contributed by atoms with E-state index in [0.29, 0.717) is 26.2 Å². The molecular formula is C14H18N2O2. The maximum absolute atomic E-state index is 12.3. The normalized spacial score (nSPS) is 15.7. The van der Waals surface area contributed by atoms with Gasteiger partial charge >= 0.3 is 0 Å². The summed E-state index contributed by atoms with van der Waals surface area (Å²) in [5, 5.41) is 0. The van der Waals surface area contributed by atoms with Crippen molar-refractivity contribution in [3.05, 3.63) is 35.4 Å². The highest BCUT2D eigenvalue weighted by Crippen LogP contribution is 2.10. The predicted molar refractivity (Wildman–Crippen MR) is 69.3 cm³/mol. The van der Waals surface area contributed by atoms with E-state index in [1.54, 1.807) is 11.8 Å². The van der Waals surface area contributed by atoms with Crippen LogP contribution in [0.4, 0.5) is 0 Å². The molecule has 0 N–H and O–H groups in total. The first-order valence-electron chi connectivity index (χ1n) is 6.19. The Kier molecular flexibility index (Phi) is 3.65. The first-order valence-corrected chi connectivity index (χ1v) is 6.19. The monoisotopic (exact) mass is 246 g/mol. The van der Waals surface area contributed by atoms with Gasteiger partial charge in [0.05, 0.1) is 0 Å². The summed E-state index contributed by atoms with van der Waals surface area (Å²) in [4.78, 5) is 27.1. The minimum atomic E-state index is 0.0573. The maximum atomic E-state index is 12.3.